The van der Waals surface area contributed by atoms with Crippen molar-refractivity contribution in [2.24, 2.45) is 5.92 Å². The number of nitrogens with one attached hydrogen (secondary N) is 1. The fourth-order valence-electron chi connectivity index (χ4n) is 2.38. The maximum atomic E-state index is 4.59. The summed E-state index contributed by atoms with van der Waals surface area (Å²) in [6.07, 6.45) is 3.62. The van der Waals surface area contributed by atoms with Crippen LogP contribution in [-0.4, -0.2) is 29.1 Å². The number of nitrogens with zero attached hydrogens (tertiary/aromatic N) is 3. The van der Waals surface area contributed by atoms with Crippen LogP contribution in [0.5, 0.6) is 0 Å². The Morgan fingerprint density at radius 2 is 2.05 bits per heavy atom. The Morgan fingerprint density at radius 1 is 1.37 bits per heavy atom. The van der Waals surface area contributed by atoms with Crippen molar-refractivity contribution in [3.63, 3.8) is 0 Å². The van der Waals surface area contributed by atoms with Crippen LogP contribution in [0.25, 0.3) is 0 Å². The molecule has 1 unspecified atom stereocenters. The van der Waals surface area contributed by atoms with Gasteiger partial charge in [0.2, 0.25) is 0 Å². The maximum absolute atomic E-state index is 4.59. The van der Waals surface area contributed by atoms with E-state index in [1.165, 1.54) is 12.8 Å². The Hall–Kier alpha value is -1.32. The minimum Gasteiger partial charge on any atom is -0.367 e. The Labute approximate surface area is 116 Å². The van der Waals surface area contributed by atoms with Gasteiger partial charge in [0, 0.05) is 25.2 Å². The van der Waals surface area contributed by atoms with Gasteiger partial charge in [-0.2, -0.15) is 0 Å². The molecule has 1 aliphatic rings. The lowest BCUT2D eigenvalue weighted by Gasteiger charge is -2.31. The first-order valence-corrected chi connectivity index (χ1v) is 7.45. The van der Waals surface area contributed by atoms with E-state index in [-0.39, 0.29) is 0 Å². The molecule has 1 saturated heterocycles. The summed E-state index contributed by atoms with van der Waals surface area (Å²) in [6, 6.07) is 2.54. The Balaban J connectivity index is 2.12. The molecule has 106 valence electrons. The molecule has 19 heavy (non-hydrogen) atoms. The lowest BCUT2D eigenvalue weighted by molar-refractivity contribution is 0.436. The standard InChI is InChI=1S/C15H26N4/c1-5-12(3)16-14-10-15(18-13(4)17-14)19-8-6-11(2)7-9-19/h10-12H,5-9H2,1-4H3,(H,16,17,18). The SMILES string of the molecule is CCC(C)Nc1cc(N2CCC(C)CC2)nc(C)n1. The molecule has 1 fully saturated rings. The highest BCUT2D eigenvalue weighted by atomic mass is 15.2. The van der Waals surface area contributed by atoms with Crippen LogP contribution < -0.4 is 10.2 Å². The van der Waals surface area contributed by atoms with Gasteiger partial charge in [-0.15, -0.1) is 0 Å². The van der Waals surface area contributed by atoms with Crippen LogP contribution in [0.4, 0.5) is 11.6 Å². The van der Waals surface area contributed by atoms with Gasteiger partial charge < -0.3 is 10.2 Å². The topological polar surface area (TPSA) is 41.0 Å². The fraction of sp³-hybridized carbons (Fsp3) is 0.733. The van der Waals surface area contributed by atoms with E-state index in [4.69, 9.17) is 0 Å². The number of rotatable bonds is 4. The molecule has 0 spiro atoms. The Kier molecular flexibility index (Phi) is 4.61. The third kappa shape index (κ3) is 3.82. The number of piperidine rings is 1. The molecule has 0 saturated carbocycles. The van der Waals surface area contributed by atoms with Crippen molar-refractivity contribution in [1.82, 2.24) is 9.97 Å². The third-order valence-electron chi connectivity index (χ3n) is 3.94. The molecule has 0 bridgehead atoms. The van der Waals surface area contributed by atoms with Crippen molar-refractivity contribution in [2.75, 3.05) is 23.3 Å². The van der Waals surface area contributed by atoms with Crippen molar-refractivity contribution in [2.45, 2.75) is 53.0 Å². The second kappa shape index (κ2) is 6.22. The normalized spacial score (nSPS) is 18.4. The van der Waals surface area contributed by atoms with Crippen molar-refractivity contribution in [3.05, 3.63) is 11.9 Å². The summed E-state index contributed by atoms with van der Waals surface area (Å²) in [5, 5.41) is 3.44. The van der Waals surface area contributed by atoms with E-state index in [1.807, 2.05) is 6.92 Å². The van der Waals surface area contributed by atoms with Gasteiger partial charge in [-0.25, -0.2) is 9.97 Å². The van der Waals surface area contributed by atoms with Gasteiger partial charge in [-0.05, 0) is 39.0 Å². The number of hydrogen-bond acceptors (Lipinski definition) is 4. The van der Waals surface area contributed by atoms with Gasteiger partial charge in [0.15, 0.2) is 0 Å². The zero-order valence-electron chi connectivity index (χ0n) is 12.6. The molecule has 1 N–H and O–H groups in total. The van der Waals surface area contributed by atoms with E-state index in [1.54, 1.807) is 0 Å². The predicted octanol–water partition coefficient (Wildman–Crippen LogP) is 3.23. The highest BCUT2D eigenvalue weighted by Gasteiger charge is 2.18. The zero-order chi connectivity index (χ0) is 13.8. The molecule has 2 rings (SSSR count). The fourth-order valence-corrected chi connectivity index (χ4v) is 2.38. The smallest absolute Gasteiger partial charge is 0.134 e. The number of hydrogen-bond donors (Lipinski definition) is 1. The number of anilines is 2. The minimum atomic E-state index is 0.448. The zero-order valence-corrected chi connectivity index (χ0v) is 12.6. The molecule has 0 amide bonds. The molecule has 1 aromatic rings. The van der Waals surface area contributed by atoms with Gasteiger partial charge in [0.25, 0.3) is 0 Å². The summed E-state index contributed by atoms with van der Waals surface area (Å²) in [7, 11) is 0. The summed E-state index contributed by atoms with van der Waals surface area (Å²) < 4.78 is 0. The van der Waals surface area contributed by atoms with Gasteiger partial charge >= 0.3 is 0 Å². The van der Waals surface area contributed by atoms with Crippen LogP contribution in [-0.2, 0) is 0 Å². The summed E-state index contributed by atoms with van der Waals surface area (Å²) >= 11 is 0. The van der Waals surface area contributed by atoms with Crippen molar-refractivity contribution in [3.8, 4) is 0 Å². The Bertz CT molecular complexity index is 411. The van der Waals surface area contributed by atoms with E-state index < -0.39 is 0 Å². The molecule has 4 nitrogen and oxygen atoms in total. The quantitative estimate of drug-likeness (QED) is 0.904. The summed E-state index contributed by atoms with van der Waals surface area (Å²) in [5.74, 6) is 3.72. The highest BCUT2D eigenvalue weighted by molar-refractivity contribution is 5.50. The van der Waals surface area contributed by atoms with Crippen LogP contribution in [0.3, 0.4) is 0 Å². The molecule has 0 radical (unpaired) electrons. The molecular formula is C15H26N4. The third-order valence-corrected chi connectivity index (χ3v) is 3.94. The molecule has 0 aromatic carbocycles. The van der Waals surface area contributed by atoms with Crippen molar-refractivity contribution >= 4 is 11.6 Å². The first-order valence-electron chi connectivity index (χ1n) is 7.45. The number of aromatic nitrogens is 2. The van der Waals surface area contributed by atoms with Crippen LogP contribution >= 0.6 is 0 Å². The highest BCUT2D eigenvalue weighted by Crippen LogP contribution is 2.23. The molecule has 0 aliphatic carbocycles. The van der Waals surface area contributed by atoms with Crippen LogP contribution in [0, 0.1) is 12.8 Å². The van der Waals surface area contributed by atoms with Crippen LogP contribution in [0.2, 0.25) is 0 Å². The van der Waals surface area contributed by atoms with E-state index in [0.717, 1.165) is 42.9 Å². The lowest BCUT2D eigenvalue weighted by atomic mass is 9.99. The maximum Gasteiger partial charge on any atom is 0.134 e. The summed E-state index contributed by atoms with van der Waals surface area (Å²) in [5.41, 5.74) is 0. The van der Waals surface area contributed by atoms with Crippen LogP contribution in [0.15, 0.2) is 6.07 Å². The average Bonchev–Trinajstić information content (AvgIpc) is 2.38. The molecular weight excluding hydrogens is 236 g/mol. The second-order valence-electron chi connectivity index (χ2n) is 5.78. The average molecular weight is 262 g/mol. The van der Waals surface area contributed by atoms with Gasteiger partial charge in [0.1, 0.15) is 17.5 Å². The van der Waals surface area contributed by atoms with E-state index in [0.29, 0.717) is 6.04 Å². The van der Waals surface area contributed by atoms with Gasteiger partial charge in [0.05, 0.1) is 0 Å². The number of aryl methyl sites for hydroxylation is 1. The summed E-state index contributed by atoms with van der Waals surface area (Å²) in [6.45, 7) is 10.9. The second-order valence-corrected chi connectivity index (χ2v) is 5.78. The summed E-state index contributed by atoms with van der Waals surface area (Å²) in [4.78, 5) is 11.5. The van der Waals surface area contributed by atoms with Crippen molar-refractivity contribution in [1.29, 1.82) is 0 Å². The van der Waals surface area contributed by atoms with Gasteiger partial charge in [-0.3, -0.25) is 0 Å². The molecule has 2 heterocycles. The molecule has 1 atom stereocenters. The Morgan fingerprint density at radius 3 is 2.68 bits per heavy atom. The first kappa shape index (κ1) is 14.1. The lowest BCUT2D eigenvalue weighted by Crippen LogP contribution is -2.33. The van der Waals surface area contributed by atoms with Crippen LogP contribution in [0.1, 0.15) is 45.9 Å². The first-order chi connectivity index (χ1) is 9.08. The van der Waals surface area contributed by atoms with E-state index in [9.17, 15) is 0 Å². The molecule has 4 heteroatoms. The van der Waals surface area contributed by atoms with Gasteiger partial charge in [-0.1, -0.05) is 13.8 Å². The predicted molar refractivity (Wildman–Crippen MR) is 80.8 cm³/mol. The molecule has 1 aromatic heterocycles. The minimum absolute atomic E-state index is 0.448. The largest absolute Gasteiger partial charge is 0.367 e. The monoisotopic (exact) mass is 262 g/mol. The van der Waals surface area contributed by atoms with E-state index >= 15 is 0 Å². The van der Waals surface area contributed by atoms with Crippen molar-refractivity contribution < 1.29 is 0 Å². The molecule has 1 aliphatic heterocycles. The van der Waals surface area contributed by atoms with E-state index in [2.05, 4.69) is 47.0 Å².